The molecule has 0 aliphatic carbocycles. The van der Waals surface area contributed by atoms with Crippen molar-refractivity contribution >= 4 is 17.9 Å². The molecule has 29 heavy (non-hydrogen) atoms. The van der Waals surface area contributed by atoms with Crippen LogP contribution in [0.15, 0.2) is 0 Å². The Morgan fingerprint density at radius 1 is 0.690 bits per heavy atom. The Morgan fingerprint density at radius 2 is 1.17 bits per heavy atom. The van der Waals surface area contributed by atoms with E-state index in [0.717, 1.165) is 44.9 Å². The summed E-state index contributed by atoms with van der Waals surface area (Å²) in [6, 6.07) is -0.860. The van der Waals surface area contributed by atoms with Gasteiger partial charge in [0.1, 0.15) is 6.04 Å². The van der Waals surface area contributed by atoms with Crippen LogP contribution < -0.4 is 5.73 Å². The SMILES string of the molecule is CCCCCCCCCCCC(=O)OC(=O)CCC(N)C(=O)OCCCCCC. The van der Waals surface area contributed by atoms with E-state index in [-0.39, 0.29) is 19.3 Å². The molecular weight excluding hydrogens is 370 g/mol. The van der Waals surface area contributed by atoms with Crippen LogP contribution in [0.4, 0.5) is 0 Å². The smallest absolute Gasteiger partial charge is 0.322 e. The fraction of sp³-hybridized carbons (Fsp3) is 0.870. The minimum Gasteiger partial charge on any atom is -0.465 e. The first-order chi connectivity index (χ1) is 14.0. The van der Waals surface area contributed by atoms with Crippen molar-refractivity contribution in [1.82, 2.24) is 0 Å². The molecule has 0 bridgehead atoms. The maximum absolute atomic E-state index is 11.7. The fourth-order valence-electron chi connectivity index (χ4n) is 3.01. The summed E-state index contributed by atoms with van der Waals surface area (Å²) in [7, 11) is 0. The molecule has 0 aromatic heterocycles. The Kier molecular flexibility index (Phi) is 18.9. The lowest BCUT2D eigenvalue weighted by atomic mass is 10.1. The second kappa shape index (κ2) is 19.9. The lowest BCUT2D eigenvalue weighted by molar-refractivity contribution is -0.159. The summed E-state index contributed by atoms with van der Waals surface area (Å²) in [4.78, 5) is 35.2. The van der Waals surface area contributed by atoms with Crippen LogP contribution in [0.2, 0.25) is 0 Å². The number of carbonyl (C=O) groups excluding carboxylic acids is 3. The summed E-state index contributed by atoms with van der Waals surface area (Å²) in [5.74, 6) is -1.63. The predicted octanol–water partition coefficient (Wildman–Crippen LogP) is 5.21. The molecule has 0 aromatic carbocycles. The molecule has 0 radical (unpaired) electrons. The van der Waals surface area contributed by atoms with E-state index in [1.54, 1.807) is 0 Å². The van der Waals surface area contributed by atoms with Crippen molar-refractivity contribution in [3.63, 3.8) is 0 Å². The zero-order valence-corrected chi connectivity index (χ0v) is 18.7. The predicted molar refractivity (Wildman–Crippen MR) is 115 cm³/mol. The Balaban J connectivity index is 3.64. The molecular formula is C23H43NO5. The number of carbonyl (C=O) groups is 3. The van der Waals surface area contributed by atoms with Crippen LogP contribution in [-0.2, 0) is 23.9 Å². The van der Waals surface area contributed by atoms with E-state index in [4.69, 9.17) is 15.2 Å². The van der Waals surface area contributed by atoms with Crippen molar-refractivity contribution in [3.8, 4) is 0 Å². The number of ether oxygens (including phenoxy) is 2. The van der Waals surface area contributed by atoms with Crippen molar-refractivity contribution in [2.45, 2.75) is 123 Å². The largest absolute Gasteiger partial charge is 0.465 e. The molecule has 1 unspecified atom stereocenters. The fourth-order valence-corrected chi connectivity index (χ4v) is 3.01. The summed E-state index contributed by atoms with van der Waals surface area (Å²) < 4.78 is 9.89. The monoisotopic (exact) mass is 413 g/mol. The van der Waals surface area contributed by atoms with Crippen LogP contribution in [0, 0.1) is 0 Å². The molecule has 0 heterocycles. The van der Waals surface area contributed by atoms with Crippen molar-refractivity contribution in [3.05, 3.63) is 0 Å². The number of hydrogen-bond donors (Lipinski definition) is 1. The van der Waals surface area contributed by atoms with E-state index in [1.165, 1.54) is 38.5 Å². The zero-order chi connectivity index (χ0) is 21.7. The second-order valence-corrected chi connectivity index (χ2v) is 7.80. The normalized spacial score (nSPS) is 11.8. The summed E-state index contributed by atoms with van der Waals surface area (Å²) >= 11 is 0. The molecule has 0 aliphatic rings. The number of rotatable bonds is 19. The van der Waals surface area contributed by atoms with Crippen molar-refractivity contribution < 1.29 is 23.9 Å². The summed E-state index contributed by atoms with van der Waals surface area (Å²) in [6.07, 6.45) is 14.9. The Labute approximate surface area is 177 Å². The third-order valence-corrected chi connectivity index (χ3v) is 4.92. The third-order valence-electron chi connectivity index (χ3n) is 4.92. The zero-order valence-electron chi connectivity index (χ0n) is 18.7. The van der Waals surface area contributed by atoms with E-state index in [9.17, 15) is 14.4 Å². The van der Waals surface area contributed by atoms with Crippen LogP contribution in [0.5, 0.6) is 0 Å². The van der Waals surface area contributed by atoms with Crippen molar-refractivity contribution in [1.29, 1.82) is 0 Å². The highest BCUT2D eigenvalue weighted by Crippen LogP contribution is 2.11. The Morgan fingerprint density at radius 3 is 1.76 bits per heavy atom. The Bertz CT molecular complexity index is 439. The van der Waals surface area contributed by atoms with E-state index in [1.807, 2.05) is 0 Å². The third kappa shape index (κ3) is 18.3. The van der Waals surface area contributed by atoms with Gasteiger partial charge in [-0.1, -0.05) is 84.5 Å². The molecule has 0 rings (SSSR count). The first-order valence-electron chi connectivity index (χ1n) is 11.7. The van der Waals surface area contributed by atoms with Gasteiger partial charge in [-0.05, 0) is 19.3 Å². The van der Waals surface area contributed by atoms with Gasteiger partial charge in [0.15, 0.2) is 0 Å². The topological polar surface area (TPSA) is 95.7 Å². The van der Waals surface area contributed by atoms with Gasteiger partial charge in [0, 0.05) is 12.8 Å². The maximum atomic E-state index is 11.7. The number of esters is 3. The van der Waals surface area contributed by atoms with Gasteiger partial charge in [0.25, 0.3) is 0 Å². The molecule has 0 aliphatic heterocycles. The molecule has 2 N–H and O–H groups in total. The number of hydrogen-bond acceptors (Lipinski definition) is 6. The lowest BCUT2D eigenvalue weighted by Gasteiger charge is -2.11. The molecule has 0 aromatic rings. The van der Waals surface area contributed by atoms with Gasteiger partial charge < -0.3 is 15.2 Å². The first-order valence-corrected chi connectivity index (χ1v) is 11.7. The highest BCUT2D eigenvalue weighted by Gasteiger charge is 2.18. The molecule has 6 heteroatoms. The minimum absolute atomic E-state index is 0.0599. The van der Waals surface area contributed by atoms with E-state index in [2.05, 4.69) is 13.8 Å². The van der Waals surface area contributed by atoms with Crippen molar-refractivity contribution in [2.75, 3.05) is 6.61 Å². The molecule has 0 saturated heterocycles. The quantitative estimate of drug-likeness (QED) is 0.177. The van der Waals surface area contributed by atoms with Crippen molar-refractivity contribution in [2.24, 2.45) is 5.73 Å². The van der Waals surface area contributed by atoms with Gasteiger partial charge in [-0.25, -0.2) is 0 Å². The molecule has 1 atom stereocenters. The van der Waals surface area contributed by atoms with Gasteiger partial charge in [0.2, 0.25) is 0 Å². The van der Waals surface area contributed by atoms with E-state index < -0.39 is 23.9 Å². The van der Waals surface area contributed by atoms with Crippen LogP contribution in [0.25, 0.3) is 0 Å². The molecule has 0 amide bonds. The average molecular weight is 414 g/mol. The van der Waals surface area contributed by atoms with Gasteiger partial charge in [-0.3, -0.25) is 14.4 Å². The van der Waals surface area contributed by atoms with Gasteiger partial charge in [0.05, 0.1) is 6.61 Å². The van der Waals surface area contributed by atoms with Gasteiger partial charge in [-0.15, -0.1) is 0 Å². The van der Waals surface area contributed by atoms with E-state index in [0.29, 0.717) is 6.61 Å². The van der Waals surface area contributed by atoms with Crippen LogP contribution in [-0.4, -0.2) is 30.6 Å². The maximum Gasteiger partial charge on any atom is 0.322 e. The van der Waals surface area contributed by atoms with Crippen LogP contribution in [0.1, 0.15) is 117 Å². The lowest BCUT2D eigenvalue weighted by Crippen LogP contribution is -2.33. The summed E-state index contributed by atoms with van der Waals surface area (Å²) in [6.45, 7) is 4.68. The number of unbranched alkanes of at least 4 members (excludes halogenated alkanes) is 11. The molecule has 170 valence electrons. The first kappa shape index (κ1) is 27.6. The highest BCUT2D eigenvalue weighted by molar-refractivity contribution is 5.85. The standard InChI is InChI=1S/C23H43NO5/c1-3-5-7-9-10-11-12-13-14-16-21(25)29-22(26)18-17-20(24)23(27)28-19-15-8-6-4-2/h20H,3-19,24H2,1-2H3. The van der Waals surface area contributed by atoms with Gasteiger partial charge >= 0.3 is 17.9 Å². The highest BCUT2D eigenvalue weighted by atomic mass is 16.6. The minimum atomic E-state index is -0.860. The van der Waals surface area contributed by atoms with Crippen LogP contribution in [0.3, 0.4) is 0 Å². The van der Waals surface area contributed by atoms with Crippen LogP contribution >= 0.6 is 0 Å². The van der Waals surface area contributed by atoms with Gasteiger partial charge in [-0.2, -0.15) is 0 Å². The average Bonchev–Trinajstić information content (AvgIpc) is 2.70. The molecule has 0 fully saturated rings. The second-order valence-electron chi connectivity index (χ2n) is 7.80. The number of nitrogens with two attached hydrogens (primary N) is 1. The van der Waals surface area contributed by atoms with E-state index >= 15 is 0 Å². The Hall–Kier alpha value is -1.43. The summed E-state index contributed by atoms with van der Waals surface area (Å²) in [5.41, 5.74) is 5.73. The molecule has 6 nitrogen and oxygen atoms in total. The molecule has 0 saturated carbocycles. The summed E-state index contributed by atoms with van der Waals surface area (Å²) in [5, 5.41) is 0. The molecule has 0 spiro atoms.